The maximum absolute atomic E-state index is 5.31. The Bertz CT molecular complexity index is 327. The summed E-state index contributed by atoms with van der Waals surface area (Å²) in [4.78, 5) is 6.44. The first kappa shape index (κ1) is 10.4. The number of hydrogen-bond donors (Lipinski definition) is 0. The van der Waals surface area contributed by atoms with Crippen LogP contribution in [0, 0.1) is 0 Å². The fraction of sp³-hybridized carbons (Fsp3) is 0.444. The fourth-order valence-corrected chi connectivity index (χ4v) is 2.26. The fourth-order valence-electron chi connectivity index (χ4n) is 1.46. The lowest BCUT2D eigenvalue weighted by molar-refractivity contribution is 0.122. The number of halogens is 2. The quantitative estimate of drug-likeness (QED) is 0.743. The van der Waals surface area contributed by atoms with Crippen molar-refractivity contribution in [3.05, 3.63) is 21.3 Å². The van der Waals surface area contributed by atoms with Crippen LogP contribution >= 0.6 is 31.9 Å². The maximum Gasteiger partial charge on any atom is 0.122 e. The zero-order valence-electron chi connectivity index (χ0n) is 7.54. The Morgan fingerprint density at radius 2 is 2.00 bits per heavy atom. The molecule has 2 heterocycles. The minimum absolute atomic E-state index is 0.798. The molecule has 3 nitrogen and oxygen atoms in total. The lowest BCUT2D eigenvalue weighted by Crippen LogP contribution is -2.36. The third-order valence-corrected chi connectivity index (χ3v) is 4.09. The molecule has 14 heavy (non-hydrogen) atoms. The van der Waals surface area contributed by atoms with Gasteiger partial charge in [-0.15, -0.1) is 0 Å². The highest BCUT2D eigenvalue weighted by atomic mass is 79.9. The first-order chi connectivity index (χ1) is 6.79. The second-order valence-electron chi connectivity index (χ2n) is 3.03. The lowest BCUT2D eigenvalue weighted by Gasteiger charge is -2.29. The van der Waals surface area contributed by atoms with Gasteiger partial charge in [0.1, 0.15) is 4.60 Å². The molecule has 0 unspecified atom stereocenters. The van der Waals surface area contributed by atoms with Crippen LogP contribution in [0.25, 0.3) is 0 Å². The molecule has 1 saturated heterocycles. The van der Waals surface area contributed by atoms with Crippen molar-refractivity contribution < 1.29 is 4.74 Å². The van der Waals surface area contributed by atoms with E-state index in [1.54, 1.807) is 6.20 Å². The molecule has 0 spiro atoms. The van der Waals surface area contributed by atoms with Crippen LogP contribution in [-0.2, 0) is 4.74 Å². The molecule has 0 saturated carbocycles. The number of ether oxygens (including phenoxy) is 1. The minimum atomic E-state index is 0.798. The predicted octanol–water partition coefficient (Wildman–Crippen LogP) is 2.44. The predicted molar refractivity (Wildman–Crippen MR) is 62.7 cm³/mol. The summed E-state index contributed by atoms with van der Waals surface area (Å²) in [5.74, 6) is 0. The van der Waals surface area contributed by atoms with Gasteiger partial charge in [0.25, 0.3) is 0 Å². The number of pyridine rings is 1. The van der Waals surface area contributed by atoms with E-state index in [0.717, 1.165) is 35.4 Å². The Labute approximate surface area is 99.7 Å². The molecule has 0 aliphatic carbocycles. The van der Waals surface area contributed by atoms with Crippen LogP contribution in [0.4, 0.5) is 5.69 Å². The van der Waals surface area contributed by atoms with E-state index < -0.39 is 0 Å². The van der Waals surface area contributed by atoms with Crippen LogP contribution in [0.5, 0.6) is 0 Å². The highest BCUT2D eigenvalue weighted by molar-refractivity contribution is 9.13. The summed E-state index contributed by atoms with van der Waals surface area (Å²) in [7, 11) is 0. The summed E-state index contributed by atoms with van der Waals surface area (Å²) in [6.07, 6.45) is 1.81. The number of rotatable bonds is 1. The van der Waals surface area contributed by atoms with Crippen LogP contribution in [0.1, 0.15) is 0 Å². The minimum Gasteiger partial charge on any atom is -0.378 e. The molecule has 1 aliphatic rings. The van der Waals surface area contributed by atoms with Gasteiger partial charge >= 0.3 is 0 Å². The summed E-state index contributed by atoms with van der Waals surface area (Å²) < 4.78 is 7.17. The van der Waals surface area contributed by atoms with Crippen molar-refractivity contribution in [2.75, 3.05) is 31.2 Å². The number of anilines is 1. The van der Waals surface area contributed by atoms with Gasteiger partial charge < -0.3 is 9.64 Å². The van der Waals surface area contributed by atoms with Gasteiger partial charge in [0.15, 0.2) is 0 Å². The third-order valence-electron chi connectivity index (χ3n) is 2.18. The SMILES string of the molecule is Brc1nccc(N2CCOCC2)c1Br. The Hall–Kier alpha value is -0.130. The second kappa shape index (κ2) is 4.59. The average Bonchev–Trinajstić information content (AvgIpc) is 2.23. The molecule has 76 valence electrons. The maximum atomic E-state index is 5.31. The molecule has 1 fully saturated rings. The average molecular weight is 322 g/mol. The van der Waals surface area contributed by atoms with E-state index in [0.29, 0.717) is 0 Å². The van der Waals surface area contributed by atoms with E-state index >= 15 is 0 Å². The monoisotopic (exact) mass is 320 g/mol. The van der Waals surface area contributed by atoms with Crippen LogP contribution in [0.15, 0.2) is 21.3 Å². The highest BCUT2D eigenvalue weighted by Crippen LogP contribution is 2.31. The van der Waals surface area contributed by atoms with Crippen molar-refractivity contribution >= 4 is 37.5 Å². The number of hydrogen-bond acceptors (Lipinski definition) is 3. The molecule has 0 radical (unpaired) electrons. The van der Waals surface area contributed by atoms with E-state index in [-0.39, 0.29) is 0 Å². The smallest absolute Gasteiger partial charge is 0.122 e. The van der Waals surface area contributed by atoms with E-state index in [4.69, 9.17) is 4.74 Å². The van der Waals surface area contributed by atoms with Gasteiger partial charge in [-0.2, -0.15) is 0 Å². The number of nitrogens with zero attached hydrogens (tertiary/aromatic N) is 2. The Morgan fingerprint density at radius 1 is 1.29 bits per heavy atom. The first-order valence-electron chi connectivity index (χ1n) is 4.42. The van der Waals surface area contributed by atoms with Crippen molar-refractivity contribution in [2.45, 2.75) is 0 Å². The van der Waals surface area contributed by atoms with Crippen LogP contribution in [0.3, 0.4) is 0 Å². The summed E-state index contributed by atoms with van der Waals surface area (Å²) >= 11 is 6.92. The summed E-state index contributed by atoms with van der Waals surface area (Å²) in [5, 5.41) is 0. The molecule has 1 aromatic heterocycles. The summed E-state index contributed by atoms with van der Waals surface area (Å²) in [6, 6.07) is 2.01. The molecule has 0 N–H and O–H groups in total. The standard InChI is InChI=1S/C9H10Br2N2O/c10-8-7(1-2-12-9(8)11)13-3-5-14-6-4-13/h1-2H,3-6H2. The molecule has 1 aliphatic heterocycles. The molecule has 0 amide bonds. The van der Waals surface area contributed by atoms with Gasteiger partial charge in [0, 0.05) is 19.3 Å². The van der Waals surface area contributed by atoms with Crippen molar-refractivity contribution in [3.63, 3.8) is 0 Å². The summed E-state index contributed by atoms with van der Waals surface area (Å²) in [5.41, 5.74) is 1.18. The Morgan fingerprint density at radius 3 is 2.71 bits per heavy atom. The third kappa shape index (κ3) is 2.10. The van der Waals surface area contributed by atoms with Crippen molar-refractivity contribution in [2.24, 2.45) is 0 Å². The highest BCUT2D eigenvalue weighted by Gasteiger charge is 2.15. The van der Waals surface area contributed by atoms with Gasteiger partial charge in [-0.25, -0.2) is 4.98 Å². The van der Waals surface area contributed by atoms with Gasteiger partial charge in [-0.1, -0.05) is 0 Å². The van der Waals surface area contributed by atoms with Gasteiger partial charge in [0.2, 0.25) is 0 Å². The van der Waals surface area contributed by atoms with Crippen LogP contribution in [-0.4, -0.2) is 31.3 Å². The van der Waals surface area contributed by atoms with E-state index in [2.05, 4.69) is 41.7 Å². The molecule has 0 aromatic carbocycles. The van der Waals surface area contributed by atoms with Gasteiger partial charge in [-0.05, 0) is 37.9 Å². The van der Waals surface area contributed by atoms with Gasteiger partial charge in [-0.3, -0.25) is 0 Å². The molecular weight excluding hydrogens is 312 g/mol. The molecular formula is C9H10Br2N2O. The molecule has 0 atom stereocenters. The van der Waals surface area contributed by atoms with E-state index in [1.807, 2.05) is 6.07 Å². The van der Waals surface area contributed by atoms with Crippen molar-refractivity contribution in [3.8, 4) is 0 Å². The van der Waals surface area contributed by atoms with E-state index in [1.165, 1.54) is 5.69 Å². The van der Waals surface area contributed by atoms with Gasteiger partial charge in [0.05, 0.1) is 23.4 Å². The van der Waals surface area contributed by atoms with E-state index in [9.17, 15) is 0 Å². The molecule has 5 heteroatoms. The molecule has 1 aromatic rings. The molecule has 0 bridgehead atoms. The Balaban J connectivity index is 2.26. The van der Waals surface area contributed by atoms with Crippen LogP contribution in [0.2, 0.25) is 0 Å². The van der Waals surface area contributed by atoms with Crippen molar-refractivity contribution in [1.82, 2.24) is 4.98 Å². The zero-order valence-corrected chi connectivity index (χ0v) is 10.7. The summed E-state index contributed by atoms with van der Waals surface area (Å²) in [6.45, 7) is 3.48. The normalized spacial score (nSPS) is 17.1. The Kier molecular flexibility index (Phi) is 3.41. The lowest BCUT2D eigenvalue weighted by atomic mass is 10.3. The number of aromatic nitrogens is 1. The van der Waals surface area contributed by atoms with Crippen LogP contribution < -0.4 is 4.90 Å². The second-order valence-corrected chi connectivity index (χ2v) is 4.58. The topological polar surface area (TPSA) is 25.4 Å². The zero-order chi connectivity index (χ0) is 9.97. The molecule has 2 rings (SSSR count). The first-order valence-corrected chi connectivity index (χ1v) is 6.00. The van der Waals surface area contributed by atoms with Crippen molar-refractivity contribution in [1.29, 1.82) is 0 Å². The largest absolute Gasteiger partial charge is 0.378 e. The number of morpholine rings is 1.